The predicted molar refractivity (Wildman–Crippen MR) is 256 cm³/mol. The molecule has 62 heavy (non-hydrogen) atoms. The Balaban J connectivity index is 0.991. The molecule has 0 bridgehead atoms. The van der Waals surface area contributed by atoms with Gasteiger partial charge in [-0.3, -0.25) is 0 Å². The summed E-state index contributed by atoms with van der Waals surface area (Å²) in [5.74, 6) is 1.93. The first-order valence-corrected chi connectivity index (χ1v) is 20.9. The van der Waals surface area contributed by atoms with Crippen molar-refractivity contribution in [1.82, 2.24) is 24.1 Å². The van der Waals surface area contributed by atoms with E-state index in [0.29, 0.717) is 17.5 Å². The molecule has 0 saturated heterocycles. The van der Waals surface area contributed by atoms with Crippen LogP contribution in [-0.2, 0) is 0 Å². The fraction of sp³-hybridized carbons (Fsp3) is 0. The Hall–Kier alpha value is -8.41. The van der Waals surface area contributed by atoms with Crippen molar-refractivity contribution < 1.29 is 0 Å². The number of benzene rings is 9. The van der Waals surface area contributed by atoms with Crippen molar-refractivity contribution >= 4 is 43.6 Å². The summed E-state index contributed by atoms with van der Waals surface area (Å²) >= 11 is 0. The summed E-state index contributed by atoms with van der Waals surface area (Å²) in [6, 6.07) is 79.5. The van der Waals surface area contributed by atoms with Crippen LogP contribution in [0.3, 0.4) is 0 Å². The molecule has 0 aliphatic carbocycles. The molecule has 5 heteroatoms. The van der Waals surface area contributed by atoms with Crippen LogP contribution >= 0.6 is 0 Å². The quantitative estimate of drug-likeness (QED) is 0.162. The molecule has 0 N–H and O–H groups in total. The Morgan fingerprint density at radius 3 is 1.06 bits per heavy atom. The van der Waals surface area contributed by atoms with E-state index in [4.69, 9.17) is 15.0 Å². The van der Waals surface area contributed by atoms with Crippen LogP contribution in [0.4, 0.5) is 0 Å². The average Bonchev–Trinajstić information content (AvgIpc) is 3.86. The van der Waals surface area contributed by atoms with E-state index in [1.165, 1.54) is 54.8 Å². The molecule has 0 spiro atoms. The van der Waals surface area contributed by atoms with Gasteiger partial charge in [0.25, 0.3) is 0 Å². The Morgan fingerprint density at radius 2 is 0.565 bits per heavy atom. The summed E-state index contributed by atoms with van der Waals surface area (Å²) in [5, 5.41) is 4.85. The topological polar surface area (TPSA) is 48.5 Å². The summed E-state index contributed by atoms with van der Waals surface area (Å²) in [6.07, 6.45) is 0. The van der Waals surface area contributed by atoms with E-state index in [9.17, 15) is 0 Å². The summed E-state index contributed by atoms with van der Waals surface area (Å²) in [5.41, 5.74) is 14.5. The number of hydrogen-bond donors (Lipinski definition) is 0. The standard InChI is InChI=1S/C57H37N5/c1-5-15-38(16-6-1)43-27-32-52-48(35-43)49-36-44(39-17-7-2-8-18-39)28-33-53(49)62(52)46-31-34-54-50(37-46)47-23-13-14-24-51(47)61(54)45-29-25-42(26-30-45)57-59-55(40-19-9-3-10-20-40)58-56(60-57)41-21-11-4-12-22-41/h1-37H. The van der Waals surface area contributed by atoms with Gasteiger partial charge in [0, 0.05) is 49.6 Å². The van der Waals surface area contributed by atoms with Crippen molar-refractivity contribution in [3.8, 4) is 67.8 Å². The van der Waals surface area contributed by atoms with E-state index in [1.54, 1.807) is 0 Å². The molecule has 0 aliphatic heterocycles. The van der Waals surface area contributed by atoms with Crippen molar-refractivity contribution in [2.75, 3.05) is 0 Å². The van der Waals surface area contributed by atoms with Gasteiger partial charge in [0.1, 0.15) is 0 Å². The third-order valence-electron chi connectivity index (χ3n) is 12.0. The van der Waals surface area contributed by atoms with E-state index in [0.717, 1.165) is 39.1 Å². The lowest BCUT2D eigenvalue weighted by atomic mass is 10.0. The molecule has 3 heterocycles. The minimum atomic E-state index is 0.633. The number of hydrogen-bond acceptors (Lipinski definition) is 3. The molecule has 0 radical (unpaired) electrons. The second-order valence-corrected chi connectivity index (χ2v) is 15.7. The molecular formula is C57H37N5. The van der Waals surface area contributed by atoms with Crippen LogP contribution in [0, 0.1) is 0 Å². The van der Waals surface area contributed by atoms with Gasteiger partial charge in [-0.2, -0.15) is 0 Å². The summed E-state index contributed by atoms with van der Waals surface area (Å²) in [7, 11) is 0. The molecule has 0 atom stereocenters. The maximum atomic E-state index is 4.98. The third kappa shape index (κ3) is 6.06. The van der Waals surface area contributed by atoms with Gasteiger partial charge in [0.05, 0.1) is 22.1 Å². The molecule has 5 nitrogen and oxygen atoms in total. The zero-order valence-corrected chi connectivity index (χ0v) is 33.6. The first-order valence-electron chi connectivity index (χ1n) is 20.9. The molecule has 9 aromatic carbocycles. The number of nitrogens with zero attached hydrogens (tertiary/aromatic N) is 5. The molecule has 0 unspecified atom stereocenters. The van der Waals surface area contributed by atoms with Crippen molar-refractivity contribution in [3.05, 3.63) is 224 Å². The fourth-order valence-corrected chi connectivity index (χ4v) is 9.00. The van der Waals surface area contributed by atoms with E-state index in [2.05, 4.69) is 173 Å². The van der Waals surface area contributed by atoms with Gasteiger partial charge in [-0.1, -0.05) is 152 Å². The summed E-state index contributed by atoms with van der Waals surface area (Å²) < 4.78 is 4.79. The van der Waals surface area contributed by atoms with Crippen LogP contribution < -0.4 is 0 Å². The zero-order valence-electron chi connectivity index (χ0n) is 33.6. The smallest absolute Gasteiger partial charge is 0.164 e. The highest BCUT2D eigenvalue weighted by Crippen LogP contribution is 2.40. The molecular weight excluding hydrogens is 755 g/mol. The minimum absolute atomic E-state index is 0.633. The summed E-state index contributed by atoms with van der Waals surface area (Å²) in [6.45, 7) is 0. The largest absolute Gasteiger partial charge is 0.309 e. The molecule has 0 saturated carbocycles. The van der Waals surface area contributed by atoms with E-state index < -0.39 is 0 Å². The number of para-hydroxylation sites is 1. The lowest BCUT2D eigenvalue weighted by molar-refractivity contribution is 1.07. The van der Waals surface area contributed by atoms with Gasteiger partial charge in [0.15, 0.2) is 17.5 Å². The van der Waals surface area contributed by atoms with E-state index in [-0.39, 0.29) is 0 Å². The van der Waals surface area contributed by atoms with Crippen LogP contribution in [0.2, 0.25) is 0 Å². The first-order chi connectivity index (χ1) is 30.7. The highest BCUT2D eigenvalue weighted by Gasteiger charge is 2.19. The highest BCUT2D eigenvalue weighted by molar-refractivity contribution is 6.13. The fourth-order valence-electron chi connectivity index (χ4n) is 9.00. The first kappa shape index (κ1) is 35.5. The molecule has 3 aromatic heterocycles. The Kier molecular flexibility index (Phi) is 8.42. The van der Waals surface area contributed by atoms with Crippen molar-refractivity contribution in [2.24, 2.45) is 0 Å². The van der Waals surface area contributed by atoms with Gasteiger partial charge < -0.3 is 9.13 Å². The van der Waals surface area contributed by atoms with E-state index >= 15 is 0 Å². The van der Waals surface area contributed by atoms with Gasteiger partial charge >= 0.3 is 0 Å². The number of rotatable bonds is 7. The highest BCUT2D eigenvalue weighted by atomic mass is 15.0. The SMILES string of the molecule is c1ccc(-c2ccc3c(c2)c2cc(-c4ccccc4)ccc2n3-c2ccc3c(c2)c2ccccc2n3-c2ccc(-c3nc(-c4ccccc4)nc(-c4ccccc4)n3)cc2)cc1. The van der Waals surface area contributed by atoms with Crippen LogP contribution in [0.1, 0.15) is 0 Å². The maximum Gasteiger partial charge on any atom is 0.164 e. The van der Waals surface area contributed by atoms with Crippen molar-refractivity contribution in [1.29, 1.82) is 0 Å². The second kappa shape index (κ2) is 14.7. The number of fused-ring (bicyclic) bond motifs is 6. The van der Waals surface area contributed by atoms with Gasteiger partial charge in [-0.05, 0) is 95.1 Å². The van der Waals surface area contributed by atoms with Crippen LogP contribution in [0.15, 0.2) is 224 Å². The second-order valence-electron chi connectivity index (χ2n) is 15.7. The Labute approximate surface area is 358 Å². The van der Waals surface area contributed by atoms with Gasteiger partial charge in [-0.25, -0.2) is 15.0 Å². The van der Waals surface area contributed by atoms with Gasteiger partial charge in [0.2, 0.25) is 0 Å². The normalized spacial score (nSPS) is 11.5. The van der Waals surface area contributed by atoms with Crippen molar-refractivity contribution in [2.45, 2.75) is 0 Å². The van der Waals surface area contributed by atoms with Crippen LogP contribution in [0.5, 0.6) is 0 Å². The molecule has 0 amide bonds. The average molecular weight is 792 g/mol. The number of aromatic nitrogens is 5. The zero-order chi connectivity index (χ0) is 41.0. The van der Waals surface area contributed by atoms with Crippen molar-refractivity contribution in [3.63, 3.8) is 0 Å². The lowest BCUT2D eigenvalue weighted by Gasteiger charge is -2.12. The van der Waals surface area contributed by atoms with Crippen LogP contribution in [0.25, 0.3) is 111 Å². The maximum absolute atomic E-state index is 4.98. The molecule has 12 aromatic rings. The Morgan fingerprint density at radius 1 is 0.226 bits per heavy atom. The monoisotopic (exact) mass is 791 g/mol. The van der Waals surface area contributed by atoms with Crippen LogP contribution in [-0.4, -0.2) is 24.1 Å². The third-order valence-corrected chi connectivity index (χ3v) is 12.0. The Bertz CT molecular complexity index is 3440. The van der Waals surface area contributed by atoms with Gasteiger partial charge in [-0.15, -0.1) is 0 Å². The minimum Gasteiger partial charge on any atom is -0.309 e. The predicted octanol–water partition coefficient (Wildman–Crippen LogP) is 14.4. The molecule has 290 valence electrons. The summed E-state index contributed by atoms with van der Waals surface area (Å²) in [4.78, 5) is 14.8. The lowest BCUT2D eigenvalue weighted by Crippen LogP contribution is -2.00. The van der Waals surface area contributed by atoms with E-state index in [1.807, 2.05) is 60.7 Å². The molecule has 12 rings (SSSR count). The molecule has 0 aliphatic rings. The molecule has 0 fully saturated rings.